The molecule has 1 aliphatic rings. The lowest BCUT2D eigenvalue weighted by Gasteiger charge is -2.15. The van der Waals surface area contributed by atoms with Crippen LogP contribution in [0.5, 0.6) is 0 Å². The van der Waals surface area contributed by atoms with Crippen LogP contribution in [0, 0.1) is 10.1 Å². The Hall–Kier alpha value is -1.51. The van der Waals surface area contributed by atoms with E-state index in [0.29, 0.717) is 0 Å². The first-order valence-electron chi connectivity index (χ1n) is 5.49. The van der Waals surface area contributed by atoms with Gasteiger partial charge in [0.1, 0.15) is 0 Å². The number of rotatable bonds is 2. The van der Waals surface area contributed by atoms with Crippen LogP contribution in [-0.4, -0.2) is 51.2 Å². The molecule has 1 saturated heterocycles. The molecule has 1 amide bonds. The van der Waals surface area contributed by atoms with Crippen LogP contribution in [0.3, 0.4) is 0 Å². The van der Waals surface area contributed by atoms with Crippen molar-refractivity contribution in [1.29, 1.82) is 0 Å². The highest BCUT2D eigenvalue weighted by Crippen LogP contribution is 2.26. The number of amides is 1. The monoisotopic (exact) mass is 330 g/mol. The van der Waals surface area contributed by atoms with Crippen LogP contribution in [0.4, 0.5) is 5.69 Å². The number of carbonyl (C=O) groups is 1. The summed E-state index contributed by atoms with van der Waals surface area (Å²) in [7, 11) is 0. The van der Waals surface area contributed by atoms with E-state index in [1.54, 1.807) is 0 Å². The minimum Gasteiger partial charge on any atom is -0.388 e. The summed E-state index contributed by atoms with van der Waals surface area (Å²) in [5.41, 5.74) is -0.0534. The van der Waals surface area contributed by atoms with Crippen molar-refractivity contribution in [3.63, 3.8) is 0 Å². The number of nitrogens with zero attached hydrogens (tertiary/aromatic N) is 2. The Morgan fingerprint density at radius 2 is 1.95 bits per heavy atom. The molecule has 7 nitrogen and oxygen atoms in total. The number of β-amino-alcohol motifs (C(OH)–C–C–N with tert-alkyl or cyclic N) is 2. The molecule has 0 saturated carbocycles. The lowest BCUT2D eigenvalue weighted by atomic mass is 10.2. The Morgan fingerprint density at radius 3 is 2.47 bits per heavy atom. The van der Waals surface area contributed by atoms with Crippen molar-refractivity contribution in [3.05, 3.63) is 38.3 Å². The number of halogens is 1. The first kappa shape index (κ1) is 13.9. The average Bonchev–Trinajstić information content (AvgIpc) is 2.69. The first-order chi connectivity index (χ1) is 8.90. The van der Waals surface area contributed by atoms with Crippen LogP contribution in [-0.2, 0) is 0 Å². The normalized spacial score (nSPS) is 22.6. The molecule has 0 aliphatic carbocycles. The third-order valence-corrected chi connectivity index (χ3v) is 3.61. The molecule has 1 heterocycles. The highest BCUT2D eigenvalue weighted by Gasteiger charge is 2.33. The van der Waals surface area contributed by atoms with E-state index in [1.807, 2.05) is 0 Å². The quantitative estimate of drug-likeness (QED) is 0.608. The summed E-state index contributed by atoms with van der Waals surface area (Å²) in [5.74, 6) is -0.453. The number of hydrogen-bond acceptors (Lipinski definition) is 5. The second kappa shape index (κ2) is 5.24. The Labute approximate surface area is 116 Å². The molecule has 0 spiro atoms. The summed E-state index contributed by atoms with van der Waals surface area (Å²) in [5, 5.41) is 29.6. The molecule has 1 aromatic rings. The molecule has 0 aromatic heterocycles. The van der Waals surface area contributed by atoms with Gasteiger partial charge in [0, 0.05) is 24.7 Å². The molecule has 19 heavy (non-hydrogen) atoms. The number of benzene rings is 1. The number of nitro groups is 1. The molecule has 2 N–H and O–H groups in total. The molecule has 2 atom stereocenters. The maximum Gasteiger partial charge on any atom is 0.284 e. The Kier molecular flexibility index (Phi) is 3.83. The summed E-state index contributed by atoms with van der Waals surface area (Å²) in [6.07, 6.45) is -1.95. The molecule has 1 aromatic carbocycles. The van der Waals surface area contributed by atoms with Crippen molar-refractivity contribution >= 4 is 27.5 Å². The van der Waals surface area contributed by atoms with Crippen LogP contribution >= 0.6 is 15.9 Å². The number of nitro benzene ring substituents is 1. The third kappa shape index (κ3) is 2.75. The number of aliphatic hydroxyl groups excluding tert-OH is 2. The Morgan fingerprint density at radius 1 is 1.37 bits per heavy atom. The Balaban J connectivity index is 2.25. The zero-order valence-corrected chi connectivity index (χ0v) is 11.3. The fourth-order valence-corrected chi connectivity index (χ4v) is 2.29. The van der Waals surface area contributed by atoms with Crippen LogP contribution in [0.15, 0.2) is 22.7 Å². The molecule has 1 fully saturated rings. The molecule has 1 aliphatic heterocycles. The minimum absolute atomic E-state index is 0.0177. The molecule has 2 unspecified atom stereocenters. The Bertz CT molecular complexity index is 526. The fourth-order valence-electron chi connectivity index (χ4n) is 1.90. The summed E-state index contributed by atoms with van der Waals surface area (Å²) < 4.78 is 0.288. The zero-order chi connectivity index (χ0) is 14.2. The van der Waals surface area contributed by atoms with Gasteiger partial charge in [-0.2, -0.15) is 0 Å². The topological polar surface area (TPSA) is 104 Å². The highest BCUT2D eigenvalue weighted by molar-refractivity contribution is 9.10. The minimum atomic E-state index is -0.977. The van der Waals surface area contributed by atoms with Crippen LogP contribution < -0.4 is 0 Å². The second-order valence-corrected chi connectivity index (χ2v) is 5.12. The van der Waals surface area contributed by atoms with E-state index >= 15 is 0 Å². The standard InChI is InChI=1S/C11H11BrN2O5/c12-7-2-1-6(3-8(7)14(18)19)11(17)13-4-9(15)10(16)5-13/h1-3,9-10,15-16H,4-5H2. The van der Waals surface area contributed by atoms with Gasteiger partial charge in [0.25, 0.3) is 11.6 Å². The van der Waals surface area contributed by atoms with E-state index in [9.17, 15) is 25.1 Å². The molecule has 2 rings (SSSR count). The van der Waals surface area contributed by atoms with Gasteiger partial charge in [-0.1, -0.05) is 0 Å². The third-order valence-electron chi connectivity index (χ3n) is 2.94. The number of hydrogen-bond donors (Lipinski definition) is 2. The lowest BCUT2D eigenvalue weighted by molar-refractivity contribution is -0.385. The van der Waals surface area contributed by atoms with Gasteiger partial charge < -0.3 is 15.1 Å². The number of aliphatic hydroxyl groups is 2. The number of likely N-dealkylation sites (tertiary alicyclic amines) is 1. The van der Waals surface area contributed by atoms with E-state index in [-0.39, 0.29) is 28.8 Å². The van der Waals surface area contributed by atoms with Gasteiger partial charge in [-0.05, 0) is 28.1 Å². The van der Waals surface area contributed by atoms with E-state index in [4.69, 9.17) is 0 Å². The first-order valence-corrected chi connectivity index (χ1v) is 6.29. The van der Waals surface area contributed by atoms with Crippen molar-refractivity contribution in [2.24, 2.45) is 0 Å². The van der Waals surface area contributed by atoms with Crippen LogP contribution in [0.25, 0.3) is 0 Å². The SMILES string of the molecule is O=C(c1ccc(Br)c([N+](=O)[O-])c1)N1CC(O)C(O)C1. The molecule has 0 radical (unpaired) electrons. The predicted molar refractivity (Wildman–Crippen MR) is 68.7 cm³/mol. The summed E-state index contributed by atoms with van der Waals surface area (Å²) in [6.45, 7) is 0.0354. The highest BCUT2D eigenvalue weighted by atomic mass is 79.9. The van der Waals surface area contributed by atoms with Crippen molar-refractivity contribution in [3.8, 4) is 0 Å². The number of carbonyl (C=O) groups excluding carboxylic acids is 1. The predicted octanol–water partition coefficient (Wildman–Crippen LogP) is 0.535. The van der Waals surface area contributed by atoms with Gasteiger partial charge in [0.05, 0.1) is 21.6 Å². The average molecular weight is 331 g/mol. The molecular formula is C11H11BrN2O5. The van der Waals surface area contributed by atoms with E-state index < -0.39 is 23.0 Å². The molecule has 0 bridgehead atoms. The molecular weight excluding hydrogens is 320 g/mol. The van der Waals surface area contributed by atoms with Crippen LogP contribution in [0.2, 0.25) is 0 Å². The largest absolute Gasteiger partial charge is 0.388 e. The second-order valence-electron chi connectivity index (χ2n) is 4.27. The summed E-state index contributed by atoms with van der Waals surface area (Å²) in [6, 6.07) is 4.05. The lowest BCUT2D eigenvalue weighted by Crippen LogP contribution is -2.29. The summed E-state index contributed by atoms with van der Waals surface area (Å²) >= 11 is 3.04. The van der Waals surface area contributed by atoms with E-state index in [2.05, 4.69) is 15.9 Å². The fraction of sp³-hybridized carbons (Fsp3) is 0.364. The van der Waals surface area contributed by atoms with E-state index in [0.717, 1.165) is 0 Å². The smallest absolute Gasteiger partial charge is 0.284 e. The van der Waals surface area contributed by atoms with Crippen molar-refractivity contribution in [1.82, 2.24) is 4.90 Å². The van der Waals surface area contributed by atoms with Gasteiger partial charge >= 0.3 is 0 Å². The zero-order valence-electron chi connectivity index (χ0n) is 9.69. The van der Waals surface area contributed by atoms with Gasteiger partial charge in [-0.15, -0.1) is 0 Å². The van der Waals surface area contributed by atoms with E-state index in [1.165, 1.54) is 23.1 Å². The van der Waals surface area contributed by atoms with Gasteiger partial charge in [-0.25, -0.2) is 0 Å². The van der Waals surface area contributed by atoms with Crippen LogP contribution in [0.1, 0.15) is 10.4 Å². The van der Waals surface area contributed by atoms with Crippen molar-refractivity contribution < 1.29 is 19.9 Å². The summed E-state index contributed by atoms with van der Waals surface area (Å²) in [4.78, 5) is 23.6. The maximum atomic E-state index is 12.1. The van der Waals surface area contributed by atoms with Gasteiger partial charge in [0.2, 0.25) is 0 Å². The van der Waals surface area contributed by atoms with Gasteiger partial charge in [-0.3, -0.25) is 14.9 Å². The molecule has 8 heteroatoms. The molecule has 102 valence electrons. The van der Waals surface area contributed by atoms with Crippen molar-refractivity contribution in [2.45, 2.75) is 12.2 Å². The maximum absolute atomic E-state index is 12.1. The van der Waals surface area contributed by atoms with Gasteiger partial charge in [0.15, 0.2) is 0 Å². The van der Waals surface area contributed by atoms with Crippen molar-refractivity contribution in [2.75, 3.05) is 13.1 Å².